The smallest absolute Gasteiger partial charge is 0.299 e. The van der Waals surface area contributed by atoms with E-state index in [-0.39, 0.29) is 0 Å². The van der Waals surface area contributed by atoms with Gasteiger partial charge in [0.05, 0.1) is 16.6 Å². The van der Waals surface area contributed by atoms with Crippen molar-refractivity contribution in [3.63, 3.8) is 0 Å². The monoisotopic (exact) mass is 366 g/mol. The highest BCUT2D eigenvalue weighted by molar-refractivity contribution is 5.79. The molecular weight excluding hydrogens is 349 g/mol. The maximum absolute atomic E-state index is 12.9. The summed E-state index contributed by atoms with van der Waals surface area (Å²) in [5.74, 6) is 0. The fourth-order valence-electron chi connectivity index (χ4n) is 3.33. The molecule has 5 heteroatoms. The molecule has 0 saturated carbocycles. The molecule has 0 N–H and O–H groups in total. The van der Waals surface area contributed by atoms with Crippen LogP contribution < -0.4 is 0 Å². The summed E-state index contributed by atoms with van der Waals surface area (Å²) in [6.45, 7) is 2.12. The summed E-state index contributed by atoms with van der Waals surface area (Å²) >= 11 is 0. The van der Waals surface area contributed by atoms with E-state index in [0.29, 0.717) is 11.0 Å². The lowest BCUT2D eigenvalue weighted by atomic mass is 9.98. The molecule has 2 nitrogen and oxygen atoms in total. The highest BCUT2D eigenvalue weighted by Crippen LogP contribution is 2.32. The van der Waals surface area contributed by atoms with Crippen molar-refractivity contribution < 1.29 is 13.2 Å². The van der Waals surface area contributed by atoms with E-state index in [0.717, 1.165) is 35.4 Å². The lowest BCUT2D eigenvalue weighted by molar-refractivity contribution is -0.137. The SMILES string of the molecule is CCc1ccccc1-c1cccc(-n2cnc3cc(C(F)(F)F)ccc32)c1. The molecule has 4 aromatic rings. The third-order valence-corrected chi connectivity index (χ3v) is 4.71. The number of hydrogen-bond donors (Lipinski definition) is 0. The lowest BCUT2D eigenvalue weighted by Crippen LogP contribution is -2.04. The van der Waals surface area contributed by atoms with Crippen molar-refractivity contribution in [2.45, 2.75) is 19.5 Å². The van der Waals surface area contributed by atoms with E-state index in [1.165, 1.54) is 11.6 Å². The Kier molecular flexibility index (Phi) is 4.22. The zero-order valence-corrected chi connectivity index (χ0v) is 14.7. The normalized spacial score (nSPS) is 11.9. The Morgan fingerprint density at radius 1 is 0.926 bits per heavy atom. The molecule has 0 radical (unpaired) electrons. The molecule has 1 heterocycles. The van der Waals surface area contributed by atoms with Crippen LogP contribution in [0.3, 0.4) is 0 Å². The predicted octanol–water partition coefficient (Wildman–Crippen LogP) is 6.27. The molecule has 0 atom stereocenters. The summed E-state index contributed by atoms with van der Waals surface area (Å²) in [5.41, 5.74) is 4.61. The van der Waals surface area contributed by atoms with Gasteiger partial charge in [-0.25, -0.2) is 4.98 Å². The van der Waals surface area contributed by atoms with Crippen molar-refractivity contribution in [3.8, 4) is 16.8 Å². The highest BCUT2D eigenvalue weighted by atomic mass is 19.4. The quantitative estimate of drug-likeness (QED) is 0.418. The van der Waals surface area contributed by atoms with Crippen molar-refractivity contribution in [2.24, 2.45) is 0 Å². The van der Waals surface area contributed by atoms with Crippen LogP contribution >= 0.6 is 0 Å². The van der Waals surface area contributed by atoms with Crippen LogP contribution in [-0.2, 0) is 12.6 Å². The van der Waals surface area contributed by atoms with Gasteiger partial charge in [-0.2, -0.15) is 13.2 Å². The van der Waals surface area contributed by atoms with E-state index in [9.17, 15) is 13.2 Å². The summed E-state index contributed by atoms with van der Waals surface area (Å²) in [7, 11) is 0. The van der Waals surface area contributed by atoms with Gasteiger partial charge in [0.2, 0.25) is 0 Å². The van der Waals surface area contributed by atoms with Crippen molar-refractivity contribution in [3.05, 3.63) is 84.2 Å². The van der Waals surface area contributed by atoms with Crippen molar-refractivity contribution >= 4 is 11.0 Å². The maximum atomic E-state index is 12.9. The van der Waals surface area contributed by atoms with Crippen LogP contribution in [0.5, 0.6) is 0 Å². The van der Waals surface area contributed by atoms with Crippen LogP contribution in [0.1, 0.15) is 18.1 Å². The first-order chi connectivity index (χ1) is 13.0. The van der Waals surface area contributed by atoms with Gasteiger partial charge in [-0.3, -0.25) is 4.57 Å². The second kappa shape index (κ2) is 6.58. The van der Waals surface area contributed by atoms with Gasteiger partial charge < -0.3 is 0 Å². The molecule has 0 bridgehead atoms. The minimum atomic E-state index is -4.37. The molecular formula is C22H17F3N2. The lowest BCUT2D eigenvalue weighted by Gasteiger charge is -2.11. The average Bonchev–Trinajstić information content (AvgIpc) is 3.10. The van der Waals surface area contributed by atoms with E-state index in [4.69, 9.17) is 0 Å². The summed E-state index contributed by atoms with van der Waals surface area (Å²) in [6, 6.07) is 19.8. The Labute approximate surface area is 154 Å². The van der Waals surface area contributed by atoms with Crippen LogP contribution in [-0.4, -0.2) is 9.55 Å². The van der Waals surface area contributed by atoms with Crippen molar-refractivity contribution in [1.82, 2.24) is 9.55 Å². The average molecular weight is 366 g/mol. The molecule has 0 unspecified atom stereocenters. The van der Waals surface area contributed by atoms with Crippen LogP contribution in [0.4, 0.5) is 13.2 Å². The van der Waals surface area contributed by atoms with Crippen molar-refractivity contribution in [1.29, 1.82) is 0 Å². The predicted molar refractivity (Wildman–Crippen MR) is 101 cm³/mol. The van der Waals surface area contributed by atoms with E-state index < -0.39 is 11.7 Å². The number of fused-ring (bicyclic) bond motifs is 1. The van der Waals surface area contributed by atoms with Gasteiger partial charge in [0.1, 0.15) is 6.33 Å². The van der Waals surface area contributed by atoms with Gasteiger partial charge in [0.15, 0.2) is 0 Å². The minimum Gasteiger partial charge on any atom is -0.299 e. The Morgan fingerprint density at radius 3 is 2.52 bits per heavy atom. The molecule has 3 aromatic carbocycles. The molecule has 0 aliphatic carbocycles. The summed E-state index contributed by atoms with van der Waals surface area (Å²) in [5, 5.41) is 0. The Morgan fingerprint density at radius 2 is 1.74 bits per heavy atom. The minimum absolute atomic E-state index is 0.323. The number of aryl methyl sites for hydroxylation is 1. The fourth-order valence-corrected chi connectivity index (χ4v) is 3.33. The van der Waals surface area contributed by atoms with E-state index in [2.05, 4.69) is 24.0 Å². The number of halogens is 3. The Bertz CT molecular complexity index is 1110. The zero-order valence-electron chi connectivity index (χ0n) is 14.7. The molecule has 0 spiro atoms. The zero-order chi connectivity index (χ0) is 19.0. The molecule has 4 rings (SSSR count). The molecule has 136 valence electrons. The summed E-state index contributed by atoms with van der Waals surface area (Å²) in [6.07, 6.45) is -1.88. The molecule has 0 aliphatic rings. The second-order valence-corrected chi connectivity index (χ2v) is 6.38. The maximum Gasteiger partial charge on any atom is 0.416 e. The molecule has 0 aliphatic heterocycles. The topological polar surface area (TPSA) is 17.8 Å². The number of nitrogens with zero attached hydrogens (tertiary/aromatic N) is 2. The largest absolute Gasteiger partial charge is 0.416 e. The molecule has 0 fully saturated rings. The molecule has 0 amide bonds. The molecule has 1 aromatic heterocycles. The van der Waals surface area contributed by atoms with Crippen LogP contribution in [0.2, 0.25) is 0 Å². The van der Waals surface area contributed by atoms with E-state index in [1.807, 2.05) is 41.0 Å². The van der Waals surface area contributed by atoms with E-state index >= 15 is 0 Å². The Balaban J connectivity index is 1.81. The van der Waals surface area contributed by atoms with Crippen LogP contribution in [0, 0.1) is 0 Å². The van der Waals surface area contributed by atoms with E-state index in [1.54, 1.807) is 6.33 Å². The Hall–Kier alpha value is -3.08. The van der Waals surface area contributed by atoms with Gasteiger partial charge in [-0.05, 0) is 53.4 Å². The highest BCUT2D eigenvalue weighted by Gasteiger charge is 2.30. The number of hydrogen-bond acceptors (Lipinski definition) is 1. The van der Waals surface area contributed by atoms with Gasteiger partial charge >= 0.3 is 6.18 Å². The van der Waals surface area contributed by atoms with Gasteiger partial charge in [-0.15, -0.1) is 0 Å². The van der Waals surface area contributed by atoms with Gasteiger partial charge in [-0.1, -0.05) is 43.3 Å². The molecule has 0 saturated heterocycles. The third-order valence-electron chi connectivity index (χ3n) is 4.71. The number of rotatable bonds is 3. The standard InChI is InChI=1S/C22H17F3N2/c1-2-15-6-3-4-9-19(15)16-7-5-8-18(12-16)27-14-26-20-13-17(22(23,24)25)10-11-21(20)27/h3-14H,2H2,1H3. The first kappa shape index (κ1) is 17.3. The summed E-state index contributed by atoms with van der Waals surface area (Å²) < 4.78 is 40.6. The second-order valence-electron chi connectivity index (χ2n) is 6.38. The number of imidazole rings is 1. The fraction of sp³-hybridized carbons (Fsp3) is 0.136. The first-order valence-corrected chi connectivity index (χ1v) is 8.70. The number of benzene rings is 3. The first-order valence-electron chi connectivity index (χ1n) is 8.70. The number of alkyl halides is 3. The molecule has 27 heavy (non-hydrogen) atoms. The third kappa shape index (κ3) is 3.21. The van der Waals surface area contributed by atoms with Crippen LogP contribution in [0.25, 0.3) is 27.8 Å². The van der Waals surface area contributed by atoms with Gasteiger partial charge in [0, 0.05) is 5.69 Å². The summed E-state index contributed by atoms with van der Waals surface area (Å²) in [4.78, 5) is 4.17. The van der Waals surface area contributed by atoms with Gasteiger partial charge in [0.25, 0.3) is 0 Å². The van der Waals surface area contributed by atoms with Crippen molar-refractivity contribution in [2.75, 3.05) is 0 Å². The number of aromatic nitrogens is 2. The van der Waals surface area contributed by atoms with Crippen LogP contribution in [0.15, 0.2) is 73.1 Å².